The van der Waals surface area contributed by atoms with E-state index in [1.807, 2.05) is 0 Å². The van der Waals surface area contributed by atoms with Crippen molar-refractivity contribution < 1.29 is 4.74 Å². The third-order valence-electron chi connectivity index (χ3n) is 2.93. The maximum Gasteiger partial charge on any atom is 0.197 e. The first kappa shape index (κ1) is 10.5. The van der Waals surface area contributed by atoms with Gasteiger partial charge in [-0.25, -0.2) is 0 Å². The summed E-state index contributed by atoms with van der Waals surface area (Å²) in [6, 6.07) is 0. The largest absolute Gasteiger partial charge is 0.490 e. The van der Waals surface area contributed by atoms with Crippen molar-refractivity contribution in [1.29, 1.82) is 0 Å². The molecule has 1 fully saturated rings. The van der Waals surface area contributed by atoms with Crippen LogP contribution in [0.15, 0.2) is 0 Å². The minimum absolute atomic E-state index is 0.510. The zero-order chi connectivity index (χ0) is 10.8. The van der Waals surface area contributed by atoms with Gasteiger partial charge in [-0.3, -0.25) is 0 Å². The molecule has 1 aliphatic heterocycles. The van der Waals surface area contributed by atoms with Gasteiger partial charge in [0.1, 0.15) is 0 Å². The molecule has 5 heteroatoms. The molecule has 0 radical (unpaired) electrons. The summed E-state index contributed by atoms with van der Waals surface area (Å²) >= 11 is 1.43. The Morgan fingerprint density at radius 1 is 1.47 bits per heavy atom. The lowest BCUT2D eigenvalue weighted by atomic mass is 9.99. The van der Waals surface area contributed by atoms with Crippen molar-refractivity contribution in [3.63, 3.8) is 0 Å². The molecule has 0 aliphatic carbocycles. The number of anilines is 2. The Morgan fingerprint density at radius 3 is 2.73 bits per heavy atom. The lowest BCUT2D eigenvalue weighted by molar-refractivity contribution is 0.408. The van der Waals surface area contributed by atoms with E-state index in [0.29, 0.717) is 5.82 Å². The second-order valence-electron chi connectivity index (χ2n) is 4.08. The van der Waals surface area contributed by atoms with Gasteiger partial charge in [0.2, 0.25) is 0 Å². The number of aromatic nitrogens is 1. The van der Waals surface area contributed by atoms with E-state index in [0.717, 1.165) is 29.8 Å². The zero-order valence-corrected chi connectivity index (χ0v) is 10.0. The first-order chi connectivity index (χ1) is 7.22. The number of nitrogen functional groups attached to an aromatic ring is 1. The van der Waals surface area contributed by atoms with Gasteiger partial charge in [0.15, 0.2) is 16.6 Å². The fourth-order valence-electron chi connectivity index (χ4n) is 1.89. The van der Waals surface area contributed by atoms with Crippen LogP contribution in [0.25, 0.3) is 0 Å². The molecule has 1 aromatic heterocycles. The maximum absolute atomic E-state index is 5.73. The Bertz CT molecular complexity index is 331. The molecule has 84 valence electrons. The second-order valence-corrected chi connectivity index (χ2v) is 4.83. The molecule has 0 spiro atoms. The van der Waals surface area contributed by atoms with E-state index in [1.165, 1.54) is 24.4 Å². The molecular formula is C10H17N3OS. The fraction of sp³-hybridized carbons (Fsp3) is 0.700. The van der Waals surface area contributed by atoms with Crippen molar-refractivity contribution in [3.8, 4) is 5.75 Å². The van der Waals surface area contributed by atoms with Crippen molar-refractivity contribution in [2.24, 2.45) is 5.92 Å². The molecule has 4 nitrogen and oxygen atoms in total. The van der Waals surface area contributed by atoms with Crippen LogP contribution in [0.3, 0.4) is 0 Å². The van der Waals surface area contributed by atoms with E-state index >= 15 is 0 Å². The Labute approximate surface area is 94.2 Å². The van der Waals surface area contributed by atoms with E-state index in [2.05, 4.69) is 16.2 Å². The highest BCUT2D eigenvalue weighted by Crippen LogP contribution is 2.39. The molecule has 2 heterocycles. The van der Waals surface area contributed by atoms with Gasteiger partial charge in [-0.15, -0.1) is 0 Å². The number of nitrogens with zero attached hydrogens (tertiary/aromatic N) is 2. The van der Waals surface area contributed by atoms with Crippen LogP contribution in [-0.2, 0) is 0 Å². The first-order valence-corrected chi connectivity index (χ1v) is 6.03. The van der Waals surface area contributed by atoms with Crippen LogP contribution in [0.2, 0.25) is 0 Å². The summed E-state index contributed by atoms with van der Waals surface area (Å²) in [4.78, 5) is 2.33. The van der Waals surface area contributed by atoms with Crippen LogP contribution in [-0.4, -0.2) is 24.6 Å². The summed E-state index contributed by atoms with van der Waals surface area (Å²) in [5, 5.41) is 1.09. The average Bonchev–Trinajstić information content (AvgIpc) is 2.61. The van der Waals surface area contributed by atoms with Crippen molar-refractivity contribution in [2.75, 3.05) is 30.8 Å². The van der Waals surface area contributed by atoms with E-state index in [4.69, 9.17) is 10.5 Å². The van der Waals surface area contributed by atoms with Gasteiger partial charge >= 0.3 is 0 Å². The molecule has 15 heavy (non-hydrogen) atoms. The summed E-state index contributed by atoms with van der Waals surface area (Å²) in [5.74, 6) is 2.09. The number of ether oxygens (including phenoxy) is 1. The first-order valence-electron chi connectivity index (χ1n) is 5.26. The Balaban J connectivity index is 2.15. The number of methoxy groups -OCH3 is 1. The van der Waals surface area contributed by atoms with E-state index in [1.54, 1.807) is 7.11 Å². The van der Waals surface area contributed by atoms with Gasteiger partial charge in [0, 0.05) is 13.1 Å². The molecule has 0 saturated carbocycles. The van der Waals surface area contributed by atoms with Gasteiger partial charge < -0.3 is 15.4 Å². The number of hydrogen-bond acceptors (Lipinski definition) is 5. The standard InChI is InChI=1S/C10H17N3OS/c1-7-3-5-13(6-4-7)10-8(14-2)9(11)12-15-10/h7H,3-6H2,1-2H3,(H2,11,12). The van der Waals surface area contributed by atoms with Gasteiger partial charge in [-0.1, -0.05) is 6.92 Å². The van der Waals surface area contributed by atoms with Crippen molar-refractivity contribution in [3.05, 3.63) is 0 Å². The van der Waals surface area contributed by atoms with Crippen molar-refractivity contribution in [2.45, 2.75) is 19.8 Å². The van der Waals surface area contributed by atoms with E-state index in [-0.39, 0.29) is 0 Å². The number of piperidine rings is 1. The van der Waals surface area contributed by atoms with Crippen LogP contribution in [0.1, 0.15) is 19.8 Å². The van der Waals surface area contributed by atoms with Crippen LogP contribution in [0, 0.1) is 5.92 Å². The molecular weight excluding hydrogens is 210 g/mol. The molecule has 1 aliphatic rings. The van der Waals surface area contributed by atoms with Crippen molar-refractivity contribution in [1.82, 2.24) is 4.37 Å². The third kappa shape index (κ3) is 2.02. The number of nitrogens with two attached hydrogens (primary N) is 1. The highest BCUT2D eigenvalue weighted by atomic mass is 32.1. The quantitative estimate of drug-likeness (QED) is 0.839. The fourth-order valence-corrected chi connectivity index (χ4v) is 2.73. The summed E-state index contributed by atoms with van der Waals surface area (Å²) in [7, 11) is 1.65. The summed E-state index contributed by atoms with van der Waals surface area (Å²) in [6.45, 7) is 4.47. The third-order valence-corrected chi connectivity index (χ3v) is 3.84. The molecule has 1 saturated heterocycles. The molecule has 1 aromatic rings. The molecule has 0 aromatic carbocycles. The van der Waals surface area contributed by atoms with Crippen molar-refractivity contribution >= 4 is 22.4 Å². The van der Waals surface area contributed by atoms with Gasteiger partial charge in [0.25, 0.3) is 0 Å². The lowest BCUT2D eigenvalue weighted by Crippen LogP contribution is -2.32. The molecule has 0 amide bonds. The summed E-state index contributed by atoms with van der Waals surface area (Å²) in [6.07, 6.45) is 2.47. The average molecular weight is 227 g/mol. The smallest absolute Gasteiger partial charge is 0.197 e. The number of rotatable bonds is 2. The SMILES string of the molecule is COc1c(N)nsc1N1CCC(C)CC1. The van der Waals surface area contributed by atoms with E-state index in [9.17, 15) is 0 Å². The summed E-state index contributed by atoms with van der Waals surface area (Å²) in [5.41, 5.74) is 5.73. The van der Waals surface area contributed by atoms with Crippen LogP contribution >= 0.6 is 11.5 Å². The minimum atomic E-state index is 0.510. The van der Waals surface area contributed by atoms with Crippen LogP contribution in [0.5, 0.6) is 5.75 Å². The van der Waals surface area contributed by atoms with Gasteiger partial charge in [0.05, 0.1) is 7.11 Å². The highest BCUT2D eigenvalue weighted by Gasteiger charge is 2.22. The van der Waals surface area contributed by atoms with Crippen LogP contribution < -0.4 is 15.4 Å². The van der Waals surface area contributed by atoms with Gasteiger partial charge in [-0.05, 0) is 30.3 Å². The topological polar surface area (TPSA) is 51.4 Å². The predicted octanol–water partition coefficient (Wildman–Crippen LogP) is 1.97. The minimum Gasteiger partial charge on any atom is -0.490 e. The Hall–Kier alpha value is -0.970. The maximum atomic E-state index is 5.73. The van der Waals surface area contributed by atoms with E-state index < -0.39 is 0 Å². The number of hydrogen-bond donors (Lipinski definition) is 1. The normalized spacial score (nSPS) is 18.1. The molecule has 0 bridgehead atoms. The monoisotopic (exact) mass is 227 g/mol. The van der Waals surface area contributed by atoms with Gasteiger partial charge in [-0.2, -0.15) is 4.37 Å². The summed E-state index contributed by atoms with van der Waals surface area (Å²) < 4.78 is 9.41. The lowest BCUT2D eigenvalue weighted by Gasteiger charge is -2.30. The molecule has 0 unspecified atom stereocenters. The molecule has 2 N–H and O–H groups in total. The highest BCUT2D eigenvalue weighted by molar-refractivity contribution is 7.11. The van der Waals surface area contributed by atoms with Crippen LogP contribution in [0.4, 0.5) is 10.8 Å². The Morgan fingerprint density at radius 2 is 2.13 bits per heavy atom. The predicted molar refractivity (Wildman–Crippen MR) is 63.7 cm³/mol. The molecule has 0 atom stereocenters. The molecule has 2 rings (SSSR count). The zero-order valence-electron chi connectivity index (χ0n) is 9.19. The Kier molecular flexibility index (Phi) is 3.00. The second kappa shape index (κ2) is 4.26.